The van der Waals surface area contributed by atoms with Crippen LogP contribution in [0.25, 0.3) is 5.57 Å². The Morgan fingerprint density at radius 3 is 2.34 bits per heavy atom. The van der Waals surface area contributed by atoms with Crippen LogP contribution < -0.4 is 0 Å². The van der Waals surface area contributed by atoms with Crippen LogP contribution in [0.2, 0.25) is 0 Å². The van der Waals surface area contributed by atoms with Gasteiger partial charge in [-0.1, -0.05) is 99.6 Å². The van der Waals surface area contributed by atoms with Crippen LogP contribution in [0, 0.1) is 17.8 Å². The molecule has 3 aliphatic carbocycles. The van der Waals surface area contributed by atoms with Crippen LogP contribution in [-0.4, -0.2) is 0 Å². The first-order valence-electron chi connectivity index (χ1n) is 12.7. The molecule has 1 aromatic carbocycles. The molecule has 3 aliphatic rings. The van der Waals surface area contributed by atoms with Crippen molar-refractivity contribution in [2.24, 2.45) is 10.8 Å². The van der Waals surface area contributed by atoms with Crippen molar-refractivity contribution in [1.82, 2.24) is 0 Å². The Bertz CT molecular complexity index is 1060. The molecule has 0 bridgehead atoms. The molecule has 0 saturated heterocycles. The molecular formula is C32H40. The quantitative estimate of drug-likeness (QED) is 0.399. The smallest absolute Gasteiger partial charge is 0.00645 e. The zero-order chi connectivity index (χ0) is 22.9. The van der Waals surface area contributed by atoms with Crippen molar-refractivity contribution in [3.63, 3.8) is 0 Å². The molecule has 0 spiro atoms. The highest BCUT2D eigenvalue weighted by Gasteiger charge is 2.56. The van der Waals surface area contributed by atoms with E-state index in [9.17, 15) is 0 Å². The van der Waals surface area contributed by atoms with Gasteiger partial charge in [-0.3, -0.25) is 0 Å². The Morgan fingerprint density at radius 1 is 1.00 bits per heavy atom. The molecule has 1 unspecified atom stereocenters. The van der Waals surface area contributed by atoms with Gasteiger partial charge in [-0.25, -0.2) is 0 Å². The third-order valence-electron chi connectivity index (χ3n) is 8.72. The first-order valence-corrected chi connectivity index (χ1v) is 12.7. The normalized spacial score (nSPS) is 24.8. The van der Waals surface area contributed by atoms with Crippen LogP contribution in [0.15, 0.2) is 88.6 Å². The predicted molar refractivity (Wildman–Crippen MR) is 141 cm³/mol. The van der Waals surface area contributed by atoms with Crippen molar-refractivity contribution >= 4 is 5.57 Å². The fraction of sp³-hybridized carbons (Fsp3) is 0.438. The van der Waals surface area contributed by atoms with Crippen LogP contribution in [0.4, 0.5) is 0 Å². The molecule has 0 radical (unpaired) electrons. The second kappa shape index (κ2) is 8.89. The maximum absolute atomic E-state index is 2.59. The second-order valence-electron chi connectivity index (χ2n) is 10.1. The van der Waals surface area contributed by atoms with E-state index < -0.39 is 0 Å². The summed E-state index contributed by atoms with van der Waals surface area (Å²) in [6.45, 7) is 13.9. The van der Waals surface area contributed by atoms with Crippen LogP contribution >= 0.6 is 0 Å². The molecule has 0 nitrogen and oxygen atoms in total. The largest absolute Gasteiger partial charge is 0.0845 e. The van der Waals surface area contributed by atoms with Gasteiger partial charge in [-0.2, -0.15) is 0 Å². The van der Waals surface area contributed by atoms with Crippen molar-refractivity contribution < 1.29 is 0 Å². The third-order valence-corrected chi connectivity index (χ3v) is 8.72. The van der Waals surface area contributed by atoms with Gasteiger partial charge in [-0.15, -0.1) is 0 Å². The number of benzene rings is 1. The van der Waals surface area contributed by atoms with Crippen LogP contribution in [0.5, 0.6) is 0 Å². The molecule has 1 atom stereocenters. The minimum Gasteiger partial charge on any atom is -0.0845 e. The summed E-state index contributed by atoms with van der Waals surface area (Å²) in [6.07, 6.45) is 21.3. The lowest BCUT2D eigenvalue weighted by Gasteiger charge is -2.47. The van der Waals surface area contributed by atoms with E-state index in [0.29, 0.717) is 0 Å². The molecule has 1 aromatic rings. The van der Waals surface area contributed by atoms with Gasteiger partial charge >= 0.3 is 0 Å². The average molecular weight is 425 g/mol. The summed E-state index contributed by atoms with van der Waals surface area (Å²) in [5.41, 5.74) is 12.4. The molecule has 0 aliphatic heterocycles. The molecule has 0 saturated carbocycles. The van der Waals surface area contributed by atoms with Crippen molar-refractivity contribution in [2.45, 2.75) is 80.1 Å². The zero-order valence-corrected chi connectivity index (χ0v) is 21.0. The number of rotatable bonds is 6. The zero-order valence-electron chi connectivity index (χ0n) is 21.0. The molecule has 0 heterocycles. The number of aryl methyl sites for hydroxylation is 1. The van der Waals surface area contributed by atoms with Crippen molar-refractivity contribution in [2.75, 3.05) is 0 Å². The van der Waals surface area contributed by atoms with E-state index in [-0.39, 0.29) is 10.8 Å². The summed E-state index contributed by atoms with van der Waals surface area (Å²) in [6, 6.07) is 9.13. The lowest BCUT2D eigenvalue weighted by molar-refractivity contribution is 0.138. The predicted octanol–water partition coefficient (Wildman–Crippen LogP) is 9.46. The van der Waals surface area contributed by atoms with Gasteiger partial charge in [-0.05, 0) is 85.8 Å². The monoisotopic (exact) mass is 424 g/mol. The lowest BCUT2D eigenvalue weighted by Crippen LogP contribution is -2.38. The highest BCUT2D eigenvalue weighted by molar-refractivity contribution is 5.75. The van der Waals surface area contributed by atoms with E-state index in [2.05, 4.69) is 102 Å². The maximum Gasteiger partial charge on any atom is 0.00645 e. The summed E-state index contributed by atoms with van der Waals surface area (Å²) in [5.74, 6) is 0. The SMILES string of the molecule is CC=C(C=CC1=CC=C2C3=C(C=C(c4ccc(C)cc4)CC3)C(CC)(CC)C2(C)C1)CC. The van der Waals surface area contributed by atoms with Crippen LogP contribution in [0.1, 0.15) is 84.3 Å². The third kappa shape index (κ3) is 3.53. The molecule has 0 fully saturated rings. The topological polar surface area (TPSA) is 0 Å². The van der Waals surface area contributed by atoms with Gasteiger partial charge in [0, 0.05) is 10.8 Å². The van der Waals surface area contributed by atoms with Gasteiger partial charge in [0.2, 0.25) is 0 Å². The minimum atomic E-state index is 0.178. The Labute approximate surface area is 196 Å². The Kier molecular flexibility index (Phi) is 6.35. The summed E-state index contributed by atoms with van der Waals surface area (Å²) in [7, 11) is 0. The standard InChI is InChI=1S/C32H40/c1-7-24(8-2)13-14-25-15-20-29-28-19-18-27(26-16-11-23(5)12-17-26)21-30(28)32(9-3,10-4)31(29,6)22-25/h7,11-17,20-21H,8-10,18-19,22H2,1-6H3. The first-order chi connectivity index (χ1) is 15.4. The molecule has 4 rings (SSSR count). The highest BCUT2D eigenvalue weighted by atomic mass is 14.6. The summed E-state index contributed by atoms with van der Waals surface area (Å²) < 4.78 is 0. The van der Waals surface area contributed by atoms with Gasteiger partial charge in [0.15, 0.2) is 0 Å². The maximum atomic E-state index is 2.59. The van der Waals surface area contributed by atoms with E-state index in [1.54, 1.807) is 16.7 Å². The molecule has 0 amide bonds. The average Bonchev–Trinajstić information content (AvgIpc) is 3.03. The molecule has 0 aromatic heterocycles. The Morgan fingerprint density at radius 2 is 1.72 bits per heavy atom. The van der Waals surface area contributed by atoms with E-state index >= 15 is 0 Å². The number of allylic oxidation sites excluding steroid dienone is 12. The van der Waals surface area contributed by atoms with Crippen LogP contribution in [-0.2, 0) is 0 Å². The molecule has 0 N–H and O–H groups in total. The van der Waals surface area contributed by atoms with Crippen molar-refractivity contribution in [3.05, 3.63) is 99.7 Å². The number of hydrogen-bond donors (Lipinski definition) is 0. The summed E-state index contributed by atoms with van der Waals surface area (Å²) in [4.78, 5) is 0. The Hall–Kier alpha value is -2.34. The van der Waals surface area contributed by atoms with Crippen molar-refractivity contribution in [1.29, 1.82) is 0 Å². The molecular weight excluding hydrogens is 384 g/mol. The summed E-state index contributed by atoms with van der Waals surface area (Å²) >= 11 is 0. The van der Waals surface area contributed by atoms with E-state index in [1.165, 1.54) is 47.1 Å². The highest BCUT2D eigenvalue weighted by Crippen LogP contribution is 2.67. The second-order valence-corrected chi connectivity index (χ2v) is 10.1. The van der Waals surface area contributed by atoms with Crippen molar-refractivity contribution in [3.8, 4) is 0 Å². The lowest BCUT2D eigenvalue weighted by atomic mass is 9.56. The molecule has 0 heteroatoms. The van der Waals surface area contributed by atoms with Gasteiger partial charge in [0.25, 0.3) is 0 Å². The van der Waals surface area contributed by atoms with Gasteiger partial charge in [0.05, 0.1) is 0 Å². The molecule has 32 heavy (non-hydrogen) atoms. The minimum absolute atomic E-state index is 0.178. The Balaban J connectivity index is 1.78. The van der Waals surface area contributed by atoms with E-state index in [0.717, 1.165) is 19.3 Å². The summed E-state index contributed by atoms with van der Waals surface area (Å²) in [5, 5.41) is 0. The van der Waals surface area contributed by atoms with E-state index in [1.807, 2.05) is 0 Å². The first kappa shape index (κ1) is 22.8. The number of hydrogen-bond acceptors (Lipinski definition) is 0. The van der Waals surface area contributed by atoms with Gasteiger partial charge in [0.1, 0.15) is 0 Å². The van der Waals surface area contributed by atoms with E-state index in [4.69, 9.17) is 0 Å². The fourth-order valence-corrected chi connectivity index (χ4v) is 6.68. The van der Waals surface area contributed by atoms with Gasteiger partial charge < -0.3 is 0 Å². The van der Waals surface area contributed by atoms with Crippen LogP contribution in [0.3, 0.4) is 0 Å². The molecule has 168 valence electrons. The fourth-order valence-electron chi connectivity index (χ4n) is 6.68. The number of fused-ring (bicyclic) bond motifs is 2.